The summed E-state index contributed by atoms with van der Waals surface area (Å²) in [4.78, 5) is 16.7. The molecule has 134 valence electrons. The molecule has 1 fully saturated rings. The monoisotopic (exact) mass is 359 g/mol. The Balaban J connectivity index is 1.51. The van der Waals surface area contributed by atoms with Crippen LogP contribution in [0.1, 0.15) is 49.5 Å². The molecule has 6 heteroatoms. The summed E-state index contributed by atoms with van der Waals surface area (Å²) in [6.07, 6.45) is 6.35. The zero-order chi connectivity index (χ0) is 17.5. The Kier molecular flexibility index (Phi) is 6.28. The van der Waals surface area contributed by atoms with Crippen LogP contribution < -0.4 is 15.4 Å². The first-order chi connectivity index (χ1) is 12.2. The highest BCUT2D eigenvalue weighted by Gasteiger charge is 2.16. The zero-order valence-electron chi connectivity index (χ0n) is 14.6. The zero-order valence-corrected chi connectivity index (χ0v) is 15.4. The van der Waals surface area contributed by atoms with Crippen molar-refractivity contribution in [2.45, 2.75) is 39.0 Å². The molecule has 25 heavy (non-hydrogen) atoms. The van der Waals surface area contributed by atoms with E-state index >= 15 is 0 Å². The summed E-state index contributed by atoms with van der Waals surface area (Å²) in [7, 11) is 0. The normalized spacial score (nSPS) is 14.9. The molecule has 1 aromatic carbocycles. The van der Waals surface area contributed by atoms with Crippen LogP contribution in [0, 0.1) is 5.92 Å². The van der Waals surface area contributed by atoms with Gasteiger partial charge in [-0.15, -0.1) is 11.3 Å². The fourth-order valence-electron chi connectivity index (χ4n) is 3.08. The maximum Gasteiger partial charge on any atom is 0.270 e. The van der Waals surface area contributed by atoms with Crippen molar-refractivity contribution < 1.29 is 9.53 Å². The molecule has 2 aromatic rings. The summed E-state index contributed by atoms with van der Waals surface area (Å²) in [5.74, 6) is 1.38. The largest absolute Gasteiger partial charge is 0.494 e. The number of benzene rings is 1. The van der Waals surface area contributed by atoms with Crippen molar-refractivity contribution in [2.24, 2.45) is 5.92 Å². The number of anilines is 2. The molecule has 0 spiro atoms. The Hall–Kier alpha value is -2.08. The number of nitrogens with one attached hydrogen (secondary N) is 2. The third-order valence-corrected chi connectivity index (χ3v) is 5.19. The summed E-state index contributed by atoms with van der Waals surface area (Å²) in [5, 5.41) is 8.77. The van der Waals surface area contributed by atoms with Gasteiger partial charge in [-0.3, -0.25) is 4.79 Å². The first-order valence-corrected chi connectivity index (χ1v) is 9.86. The number of ether oxygens (including phenoxy) is 1. The second kappa shape index (κ2) is 8.85. The highest BCUT2D eigenvalue weighted by atomic mass is 32.1. The number of thiazole rings is 1. The van der Waals surface area contributed by atoms with Crippen LogP contribution in [-0.4, -0.2) is 24.0 Å². The second-order valence-electron chi connectivity index (χ2n) is 6.33. The van der Waals surface area contributed by atoms with E-state index in [4.69, 9.17) is 4.74 Å². The number of carbonyl (C=O) groups excluding carboxylic acids is 1. The van der Waals surface area contributed by atoms with Crippen molar-refractivity contribution in [1.82, 2.24) is 10.3 Å². The molecular formula is C19H25N3O2S. The average Bonchev–Trinajstić information content (AvgIpc) is 3.11. The number of amides is 1. The predicted octanol–water partition coefficient (Wildman–Crippen LogP) is 4.60. The third-order valence-electron chi connectivity index (χ3n) is 4.43. The predicted molar refractivity (Wildman–Crippen MR) is 102 cm³/mol. The number of rotatable bonds is 7. The van der Waals surface area contributed by atoms with Crippen LogP contribution >= 0.6 is 11.3 Å². The van der Waals surface area contributed by atoms with E-state index < -0.39 is 0 Å². The molecule has 0 bridgehead atoms. The molecular weight excluding hydrogens is 334 g/mol. The van der Waals surface area contributed by atoms with Gasteiger partial charge in [0.1, 0.15) is 11.4 Å². The van der Waals surface area contributed by atoms with Crippen LogP contribution in [0.4, 0.5) is 10.8 Å². The van der Waals surface area contributed by atoms with Crippen molar-refractivity contribution in [1.29, 1.82) is 0 Å². The van der Waals surface area contributed by atoms with Gasteiger partial charge in [-0.2, -0.15) is 0 Å². The molecule has 1 aliphatic rings. The van der Waals surface area contributed by atoms with E-state index in [1.54, 1.807) is 5.38 Å². The Labute approximate surface area is 152 Å². The molecule has 0 unspecified atom stereocenters. The van der Waals surface area contributed by atoms with E-state index in [2.05, 4.69) is 15.6 Å². The maximum atomic E-state index is 12.3. The SMILES string of the molecule is CCOc1ccc(Nc2nc(C(=O)NCC3CCCCC3)cs2)cc1. The fourth-order valence-corrected chi connectivity index (χ4v) is 3.79. The highest BCUT2D eigenvalue weighted by Crippen LogP contribution is 2.24. The average molecular weight is 359 g/mol. The van der Waals surface area contributed by atoms with Gasteiger partial charge in [0.25, 0.3) is 5.91 Å². The molecule has 1 saturated carbocycles. The minimum Gasteiger partial charge on any atom is -0.494 e. The molecule has 0 radical (unpaired) electrons. The summed E-state index contributed by atoms with van der Waals surface area (Å²) in [5.41, 5.74) is 1.40. The van der Waals surface area contributed by atoms with Gasteiger partial charge in [-0.05, 0) is 49.9 Å². The molecule has 2 N–H and O–H groups in total. The molecule has 5 nitrogen and oxygen atoms in total. The van der Waals surface area contributed by atoms with E-state index in [1.165, 1.54) is 43.4 Å². The van der Waals surface area contributed by atoms with E-state index in [0.29, 0.717) is 23.4 Å². The fraction of sp³-hybridized carbons (Fsp3) is 0.474. The number of hydrogen-bond donors (Lipinski definition) is 2. The van der Waals surface area contributed by atoms with E-state index in [9.17, 15) is 4.79 Å². The number of nitrogens with zero attached hydrogens (tertiary/aromatic N) is 1. The molecule has 1 amide bonds. The van der Waals surface area contributed by atoms with Gasteiger partial charge in [0.15, 0.2) is 5.13 Å². The van der Waals surface area contributed by atoms with Gasteiger partial charge in [-0.1, -0.05) is 19.3 Å². The van der Waals surface area contributed by atoms with Gasteiger partial charge in [0, 0.05) is 17.6 Å². The first kappa shape index (κ1) is 17.7. The quantitative estimate of drug-likeness (QED) is 0.758. The molecule has 1 heterocycles. The Bertz CT molecular complexity index is 678. The molecule has 3 rings (SSSR count). The minimum atomic E-state index is -0.0819. The van der Waals surface area contributed by atoms with Crippen LogP contribution in [0.3, 0.4) is 0 Å². The molecule has 1 aromatic heterocycles. The van der Waals surface area contributed by atoms with Crippen LogP contribution in [0.15, 0.2) is 29.6 Å². The number of aromatic nitrogens is 1. The number of hydrogen-bond acceptors (Lipinski definition) is 5. The van der Waals surface area contributed by atoms with Gasteiger partial charge in [0.2, 0.25) is 0 Å². The van der Waals surface area contributed by atoms with Crippen LogP contribution in [0.2, 0.25) is 0 Å². The Morgan fingerprint density at radius 1 is 1.24 bits per heavy atom. The standard InChI is InChI=1S/C19H25N3O2S/c1-2-24-16-10-8-15(9-11-16)21-19-22-17(13-25-19)18(23)20-12-14-6-4-3-5-7-14/h8-11,13-14H,2-7,12H2,1H3,(H,20,23)(H,21,22). The Morgan fingerprint density at radius 3 is 2.72 bits per heavy atom. The smallest absolute Gasteiger partial charge is 0.270 e. The topological polar surface area (TPSA) is 63.2 Å². The van der Waals surface area contributed by atoms with Crippen molar-refractivity contribution in [3.05, 3.63) is 35.3 Å². The summed E-state index contributed by atoms with van der Waals surface area (Å²) in [6, 6.07) is 7.71. The highest BCUT2D eigenvalue weighted by molar-refractivity contribution is 7.14. The van der Waals surface area contributed by atoms with Crippen molar-refractivity contribution in [3.8, 4) is 5.75 Å². The van der Waals surface area contributed by atoms with E-state index in [0.717, 1.165) is 18.0 Å². The van der Waals surface area contributed by atoms with Crippen molar-refractivity contribution >= 4 is 28.1 Å². The summed E-state index contributed by atoms with van der Waals surface area (Å²) in [6.45, 7) is 3.37. The lowest BCUT2D eigenvalue weighted by molar-refractivity contribution is 0.0939. The summed E-state index contributed by atoms with van der Waals surface area (Å²) < 4.78 is 5.43. The van der Waals surface area contributed by atoms with Crippen LogP contribution in [0.5, 0.6) is 5.75 Å². The molecule has 1 aliphatic carbocycles. The maximum absolute atomic E-state index is 12.3. The van der Waals surface area contributed by atoms with Gasteiger partial charge in [0.05, 0.1) is 6.61 Å². The second-order valence-corrected chi connectivity index (χ2v) is 7.19. The lowest BCUT2D eigenvalue weighted by atomic mass is 9.89. The lowest BCUT2D eigenvalue weighted by Gasteiger charge is -2.21. The van der Waals surface area contributed by atoms with Gasteiger partial charge < -0.3 is 15.4 Å². The lowest BCUT2D eigenvalue weighted by Crippen LogP contribution is -2.30. The molecule has 0 saturated heterocycles. The minimum absolute atomic E-state index is 0.0819. The van der Waals surface area contributed by atoms with Gasteiger partial charge >= 0.3 is 0 Å². The van der Waals surface area contributed by atoms with Crippen LogP contribution in [-0.2, 0) is 0 Å². The molecule has 0 aliphatic heterocycles. The van der Waals surface area contributed by atoms with Gasteiger partial charge in [-0.25, -0.2) is 4.98 Å². The van der Waals surface area contributed by atoms with E-state index in [1.807, 2.05) is 31.2 Å². The Morgan fingerprint density at radius 2 is 2.00 bits per heavy atom. The third kappa shape index (κ3) is 5.19. The van der Waals surface area contributed by atoms with Crippen molar-refractivity contribution in [2.75, 3.05) is 18.5 Å². The van der Waals surface area contributed by atoms with Crippen molar-refractivity contribution in [3.63, 3.8) is 0 Å². The van der Waals surface area contributed by atoms with Crippen LogP contribution in [0.25, 0.3) is 0 Å². The number of carbonyl (C=O) groups is 1. The molecule has 0 atom stereocenters. The summed E-state index contributed by atoms with van der Waals surface area (Å²) >= 11 is 1.43. The first-order valence-electron chi connectivity index (χ1n) is 8.98. The van der Waals surface area contributed by atoms with E-state index in [-0.39, 0.29) is 5.91 Å².